The third-order valence-corrected chi connectivity index (χ3v) is 5.33. The number of hydrogen-bond donors (Lipinski definition) is 1. The van der Waals surface area contributed by atoms with Gasteiger partial charge in [-0.05, 0) is 57.3 Å². The Morgan fingerprint density at radius 3 is 2.70 bits per heavy atom. The lowest BCUT2D eigenvalue weighted by Crippen LogP contribution is -2.33. The van der Waals surface area contributed by atoms with Crippen molar-refractivity contribution in [2.45, 2.75) is 66.0 Å². The molecular formula is C16H27ClN2O. The van der Waals surface area contributed by atoms with E-state index < -0.39 is 0 Å². The average Bonchev–Trinajstić information content (AvgIpc) is 2.68. The Morgan fingerprint density at radius 2 is 2.10 bits per heavy atom. The maximum absolute atomic E-state index is 10.3. The molecule has 1 aliphatic rings. The van der Waals surface area contributed by atoms with Gasteiger partial charge in [-0.15, -0.1) is 0 Å². The van der Waals surface area contributed by atoms with Crippen LogP contribution in [0.3, 0.4) is 0 Å². The van der Waals surface area contributed by atoms with Gasteiger partial charge in [-0.1, -0.05) is 25.4 Å². The van der Waals surface area contributed by atoms with Crippen LogP contribution in [0.15, 0.2) is 0 Å². The first kappa shape index (κ1) is 15.8. The zero-order chi connectivity index (χ0) is 14.9. The highest BCUT2D eigenvalue weighted by Gasteiger charge is 2.32. The summed E-state index contributed by atoms with van der Waals surface area (Å²) in [6, 6.07) is 0. The van der Waals surface area contributed by atoms with Crippen LogP contribution in [0.1, 0.15) is 51.4 Å². The minimum Gasteiger partial charge on any atom is -0.393 e. The van der Waals surface area contributed by atoms with E-state index in [9.17, 15) is 5.11 Å². The maximum Gasteiger partial charge on any atom is 0.0847 e. The molecule has 0 aliphatic heterocycles. The second-order valence-electron chi connectivity index (χ2n) is 6.51. The molecule has 0 amide bonds. The van der Waals surface area contributed by atoms with Crippen LogP contribution < -0.4 is 0 Å². The van der Waals surface area contributed by atoms with Gasteiger partial charge in [0.05, 0.1) is 22.5 Å². The van der Waals surface area contributed by atoms with E-state index in [0.717, 1.165) is 54.6 Å². The van der Waals surface area contributed by atoms with Crippen molar-refractivity contribution in [3.05, 3.63) is 16.4 Å². The van der Waals surface area contributed by atoms with Crippen molar-refractivity contribution in [1.82, 2.24) is 9.78 Å². The molecule has 0 bridgehead atoms. The second kappa shape index (κ2) is 6.48. The van der Waals surface area contributed by atoms with Crippen LogP contribution in [-0.4, -0.2) is 21.0 Å². The number of aliphatic hydroxyl groups is 1. The van der Waals surface area contributed by atoms with Gasteiger partial charge in [0.2, 0.25) is 0 Å². The summed E-state index contributed by atoms with van der Waals surface area (Å²) in [4.78, 5) is 0. The largest absolute Gasteiger partial charge is 0.393 e. The SMILES string of the molecule is CCn1nc(C)c(Cl)c1CC1CC(C(C)C)CCC1O. The molecule has 4 heteroatoms. The molecule has 0 aromatic carbocycles. The molecule has 1 aromatic rings. The molecule has 3 nitrogen and oxygen atoms in total. The molecule has 1 N–H and O–H groups in total. The van der Waals surface area contributed by atoms with E-state index >= 15 is 0 Å². The third kappa shape index (κ3) is 3.20. The lowest BCUT2D eigenvalue weighted by molar-refractivity contribution is 0.0369. The number of nitrogens with zero attached hydrogens (tertiary/aromatic N) is 2. The van der Waals surface area contributed by atoms with E-state index in [1.807, 2.05) is 11.6 Å². The van der Waals surface area contributed by atoms with E-state index in [1.165, 1.54) is 0 Å². The van der Waals surface area contributed by atoms with Gasteiger partial charge in [0.25, 0.3) is 0 Å². The predicted octanol–water partition coefficient (Wildman–Crippen LogP) is 3.84. The predicted molar refractivity (Wildman–Crippen MR) is 83.0 cm³/mol. The molecule has 114 valence electrons. The van der Waals surface area contributed by atoms with Crippen LogP contribution in [0.5, 0.6) is 0 Å². The Kier molecular flexibility index (Phi) is 5.14. The normalized spacial score (nSPS) is 27.2. The van der Waals surface area contributed by atoms with E-state index in [4.69, 9.17) is 11.6 Å². The van der Waals surface area contributed by atoms with Gasteiger partial charge in [0, 0.05) is 6.54 Å². The van der Waals surface area contributed by atoms with Crippen molar-refractivity contribution in [1.29, 1.82) is 0 Å². The molecule has 1 saturated carbocycles. The summed E-state index contributed by atoms with van der Waals surface area (Å²) in [6.07, 6.45) is 3.82. The summed E-state index contributed by atoms with van der Waals surface area (Å²) < 4.78 is 1.99. The minimum absolute atomic E-state index is 0.193. The number of rotatable bonds is 4. The molecule has 20 heavy (non-hydrogen) atoms. The molecule has 3 atom stereocenters. The van der Waals surface area contributed by atoms with Crippen molar-refractivity contribution in [2.24, 2.45) is 17.8 Å². The number of halogens is 1. The molecule has 0 saturated heterocycles. The monoisotopic (exact) mass is 298 g/mol. The average molecular weight is 299 g/mol. The Morgan fingerprint density at radius 1 is 1.40 bits per heavy atom. The number of aliphatic hydroxyl groups excluding tert-OH is 1. The number of hydrogen-bond acceptors (Lipinski definition) is 2. The molecule has 1 aliphatic carbocycles. The van der Waals surface area contributed by atoms with Crippen LogP contribution in [0.25, 0.3) is 0 Å². The van der Waals surface area contributed by atoms with Crippen molar-refractivity contribution < 1.29 is 5.11 Å². The van der Waals surface area contributed by atoms with Gasteiger partial charge in [0.15, 0.2) is 0 Å². The summed E-state index contributed by atoms with van der Waals surface area (Å²) in [6.45, 7) is 9.44. The highest BCUT2D eigenvalue weighted by Crippen LogP contribution is 2.36. The molecule has 2 rings (SSSR count). The van der Waals surface area contributed by atoms with Gasteiger partial charge < -0.3 is 5.11 Å². The summed E-state index contributed by atoms with van der Waals surface area (Å²) >= 11 is 6.39. The fourth-order valence-electron chi connectivity index (χ4n) is 3.42. The Bertz CT molecular complexity index is 456. The van der Waals surface area contributed by atoms with Gasteiger partial charge in [-0.2, -0.15) is 5.10 Å². The number of aromatic nitrogens is 2. The van der Waals surface area contributed by atoms with E-state index in [2.05, 4.69) is 25.9 Å². The van der Waals surface area contributed by atoms with E-state index in [1.54, 1.807) is 0 Å². The minimum atomic E-state index is -0.193. The van der Waals surface area contributed by atoms with Crippen molar-refractivity contribution in [3.63, 3.8) is 0 Å². The van der Waals surface area contributed by atoms with Gasteiger partial charge >= 0.3 is 0 Å². The van der Waals surface area contributed by atoms with Crippen LogP contribution in [0, 0.1) is 24.7 Å². The first-order valence-corrected chi connectivity index (χ1v) is 8.21. The molecule has 1 aromatic heterocycles. The molecule has 0 spiro atoms. The first-order chi connectivity index (χ1) is 9.43. The Hall–Kier alpha value is -0.540. The van der Waals surface area contributed by atoms with Crippen molar-refractivity contribution in [3.8, 4) is 0 Å². The highest BCUT2D eigenvalue weighted by atomic mass is 35.5. The summed E-state index contributed by atoms with van der Waals surface area (Å²) in [5, 5.41) is 15.6. The van der Waals surface area contributed by atoms with Crippen LogP contribution in [-0.2, 0) is 13.0 Å². The summed E-state index contributed by atoms with van der Waals surface area (Å²) in [7, 11) is 0. The Labute approximate surface area is 127 Å². The zero-order valence-corrected chi connectivity index (χ0v) is 13.8. The quantitative estimate of drug-likeness (QED) is 0.917. The van der Waals surface area contributed by atoms with Gasteiger partial charge in [-0.25, -0.2) is 0 Å². The standard InChI is InChI=1S/C16H27ClN2O/c1-5-19-14(16(17)11(4)18-19)9-13-8-12(10(2)3)6-7-15(13)20/h10,12-13,15,20H,5-9H2,1-4H3. The lowest BCUT2D eigenvalue weighted by atomic mass is 9.73. The second-order valence-corrected chi connectivity index (χ2v) is 6.89. The molecular weight excluding hydrogens is 272 g/mol. The highest BCUT2D eigenvalue weighted by molar-refractivity contribution is 6.31. The van der Waals surface area contributed by atoms with E-state index in [0.29, 0.717) is 11.8 Å². The lowest BCUT2D eigenvalue weighted by Gasteiger charge is -2.35. The van der Waals surface area contributed by atoms with Crippen molar-refractivity contribution >= 4 is 11.6 Å². The zero-order valence-electron chi connectivity index (χ0n) is 13.1. The maximum atomic E-state index is 10.3. The molecule has 3 unspecified atom stereocenters. The third-order valence-electron chi connectivity index (χ3n) is 4.83. The van der Waals surface area contributed by atoms with Crippen LogP contribution >= 0.6 is 11.6 Å². The smallest absolute Gasteiger partial charge is 0.0847 e. The van der Waals surface area contributed by atoms with Crippen LogP contribution in [0.4, 0.5) is 0 Å². The Balaban J connectivity index is 2.15. The fraction of sp³-hybridized carbons (Fsp3) is 0.812. The summed E-state index contributed by atoms with van der Waals surface area (Å²) in [5.74, 6) is 1.73. The van der Waals surface area contributed by atoms with Crippen LogP contribution in [0.2, 0.25) is 5.02 Å². The topological polar surface area (TPSA) is 38.0 Å². The molecule has 0 radical (unpaired) electrons. The molecule has 1 heterocycles. The first-order valence-electron chi connectivity index (χ1n) is 7.83. The molecule has 1 fully saturated rings. The van der Waals surface area contributed by atoms with Gasteiger partial charge in [-0.3, -0.25) is 4.68 Å². The fourth-order valence-corrected chi connectivity index (χ4v) is 3.63. The van der Waals surface area contributed by atoms with Crippen molar-refractivity contribution in [2.75, 3.05) is 0 Å². The summed E-state index contributed by atoms with van der Waals surface area (Å²) in [5.41, 5.74) is 1.99. The van der Waals surface area contributed by atoms with Gasteiger partial charge in [0.1, 0.15) is 0 Å². The van der Waals surface area contributed by atoms with E-state index in [-0.39, 0.29) is 6.10 Å². The number of aryl methyl sites for hydroxylation is 2.